The van der Waals surface area contributed by atoms with Gasteiger partial charge in [-0.2, -0.15) is 0 Å². The van der Waals surface area contributed by atoms with Gasteiger partial charge in [-0.05, 0) is 44.2 Å². The lowest BCUT2D eigenvalue weighted by molar-refractivity contribution is 0.168. The van der Waals surface area contributed by atoms with Gasteiger partial charge in [-0.15, -0.1) is 0 Å². The number of rotatable bonds is 5. The molecule has 2 unspecified atom stereocenters. The van der Waals surface area contributed by atoms with E-state index in [1.165, 1.54) is 25.7 Å². The van der Waals surface area contributed by atoms with Gasteiger partial charge in [0.15, 0.2) is 0 Å². The molecule has 0 radical (unpaired) electrons. The van der Waals surface area contributed by atoms with Crippen LogP contribution in [-0.4, -0.2) is 37.4 Å². The molecule has 0 aromatic carbocycles. The Morgan fingerprint density at radius 1 is 1.36 bits per heavy atom. The summed E-state index contributed by atoms with van der Waals surface area (Å²) < 4.78 is 0. The van der Waals surface area contributed by atoms with Crippen LogP contribution >= 0.6 is 0 Å². The Balaban J connectivity index is 1.68. The van der Waals surface area contributed by atoms with Crippen molar-refractivity contribution in [3.8, 4) is 0 Å². The Bertz CT molecular complexity index is 165. The third-order valence-electron chi connectivity index (χ3n) is 3.77. The molecule has 3 heteroatoms. The SMILES string of the molecule is OCC(CNC1CCC1)C1CCNC1. The van der Waals surface area contributed by atoms with E-state index in [1.54, 1.807) is 0 Å². The molecule has 3 nitrogen and oxygen atoms in total. The summed E-state index contributed by atoms with van der Waals surface area (Å²) in [6.07, 6.45) is 5.28. The standard InChI is InChI=1S/C11H22N2O/c14-8-10(9-4-5-12-6-9)7-13-11-2-1-3-11/h9-14H,1-8H2. The third kappa shape index (κ3) is 2.47. The zero-order chi connectivity index (χ0) is 9.80. The lowest BCUT2D eigenvalue weighted by Crippen LogP contribution is -2.41. The molecule has 1 heterocycles. The van der Waals surface area contributed by atoms with Gasteiger partial charge >= 0.3 is 0 Å². The van der Waals surface area contributed by atoms with Gasteiger partial charge in [0.1, 0.15) is 0 Å². The van der Waals surface area contributed by atoms with Crippen molar-refractivity contribution in [1.82, 2.24) is 10.6 Å². The molecule has 0 amide bonds. The molecule has 3 N–H and O–H groups in total. The van der Waals surface area contributed by atoms with Crippen molar-refractivity contribution >= 4 is 0 Å². The van der Waals surface area contributed by atoms with Crippen LogP contribution in [-0.2, 0) is 0 Å². The lowest BCUT2D eigenvalue weighted by atomic mass is 9.89. The Labute approximate surface area is 86.3 Å². The molecule has 2 aliphatic rings. The number of hydrogen-bond acceptors (Lipinski definition) is 3. The van der Waals surface area contributed by atoms with Gasteiger partial charge in [0.25, 0.3) is 0 Å². The second-order valence-corrected chi connectivity index (χ2v) is 4.73. The summed E-state index contributed by atoms with van der Waals surface area (Å²) in [5, 5.41) is 16.2. The highest BCUT2D eigenvalue weighted by Gasteiger charge is 2.25. The van der Waals surface area contributed by atoms with Crippen LogP contribution in [0.25, 0.3) is 0 Å². The van der Waals surface area contributed by atoms with Crippen LogP contribution < -0.4 is 10.6 Å². The van der Waals surface area contributed by atoms with E-state index < -0.39 is 0 Å². The largest absolute Gasteiger partial charge is 0.396 e. The third-order valence-corrected chi connectivity index (χ3v) is 3.77. The maximum absolute atomic E-state index is 9.32. The molecule has 0 spiro atoms. The molecule has 2 fully saturated rings. The molecule has 1 saturated carbocycles. The van der Waals surface area contributed by atoms with Crippen LogP contribution in [0, 0.1) is 11.8 Å². The molecule has 2 rings (SSSR count). The zero-order valence-corrected chi connectivity index (χ0v) is 8.84. The van der Waals surface area contributed by atoms with E-state index in [9.17, 15) is 5.11 Å². The second kappa shape index (κ2) is 5.10. The van der Waals surface area contributed by atoms with Crippen molar-refractivity contribution in [3.63, 3.8) is 0 Å². The van der Waals surface area contributed by atoms with Gasteiger partial charge in [0.05, 0.1) is 0 Å². The highest BCUT2D eigenvalue weighted by Crippen LogP contribution is 2.21. The number of aliphatic hydroxyl groups is 1. The molecule has 1 aliphatic heterocycles. The van der Waals surface area contributed by atoms with Crippen LogP contribution in [0.4, 0.5) is 0 Å². The molecule has 0 aromatic heterocycles. The highest BCUT2D eigenvalue weighted by atomic mass is 16.3. The summed E-state index contributed by atoms with van der Waals surface area (Å²) >= 11 is 0. The van der Waals surface area contributed by atoms with Crippen molar-refractivity contribution in [3.05, 3.63) is 0 Å². The first-order valence-electron chi connectivity index (χ1n) is 5.95. The van der Waals surface area contributed by atoms with Gasteiger partial charge in [0, 0.05) is 19.2 Å². The van der Waals surface area contributed by atoms with E-state index in [1.807, 2.05) is 0 Å². The molecule has 0 aromatic rings. The smallest absolute Gasteiger partial charge is 0.0474 e. The monoisotopic (exact) mass is 198 g/mol. The van der Waals surface area contributed by atoms with Gasteiger partial charge in [-0.3, -0.25) is 0 Å². The Hall–Kier alpha value is -0.120. The average Bonchev–Trinajstić information content (AvgIpc) is 2.62. The Morgan fingerprint density at radius 2 is 2.21 bits per heavy atom. The van der Waals surface area contributed by atoms with Crippen molar-refractivity contribution < 1.29 is 5.11 Å². The predicted octanol–water partition coefficient (Wildman–Crippen LogP) is 0.346. The number of hydrogen-bond donors (Lipinski definition) is 3. The molecule has 82 valence electrons. The summed E-state index contributed by atoms with van der Waals surface area (Å²) in [4.78, 5) is 0. The zero-order valence-electron chi connectivity index (χ0n) is 8.84. The van der Waals surface area contributed by atoms with Gasteiger partial charge in [-0.25, -0.2) is 0 Å². The second-order valence-electron chi connectivity index (χ2n) is 4.73. The maximum Gasteiger partial charge on any atom is 0.0474 e. The first-order valence-corrected chi connectivity index (χ1v) is 5.95. The minimum atomic E-state index is 0.339. The number of nitrogens with one attached hydrogen (secondary N) is 2. The maximum atomic E-state index is 9.32. The van der Waals surface area contributed by atoms with Gasteiger partial charge in [0.2, 0.25) is 0 Å². The topological polar surface area (TPSA) is 44.3 Å². The summed E-state index contributed by atoms with van der Waals surface area (Å²) in [7, 11) is 0. The molecule has 0 bridgehead atoms. The Kier molecular flexibility index (Phi) is 3.79. The van der Waals surface area contributed by atoms with Crippen LogP contribution in [0.3, 0.4) is 0 Å². The van der Waals surface area contributed by atoms with E-state index in [0.717, 1.165) is 25.7 Å². The van der Waals surface area contributed by atoms with Crippen LogP contribution in [0.2, 0.25) is 0 Å². The summed E-state index contributed by atoms with van der Waals surface area (Å²) in [6.45, 7) is 3.57. The fourth-order valence-corrected chi connectivity index (χ4v) is 2.39. The van der Waals surface area contributed by atoms with Gasteiger partial charge in [-0.1, -0.05) is 6.42 Å². The molecular weight excluding hydrogens is 176 g/mol. The normalized spacial score (nSPS) is 30.2. The van der Waals surface area contributed by atoms with E-state index >= 15 is 0 Å². The van der Waals surface area contributed by atoms with Crippen LogP contribution in [0.1, 0.15) is 25.7 Å². The fraction of sp³-hybridized carbons (Fsp3) is 1.00. The van der Waals surface area contributed by atoms with Crippen LogP contribution in [0.5, 0.6) is 0 Å². The van der Waals surface area contributed by atoms with E-state index in [2.05, 4.69) is 10.6 Å². The minimum Gasteiger partial charge on any atom is -0.396 e. The average molecular weight is 198 g/mol. The molecular formula is C11H22N2O. The first kappa shape index (κ1) is 10.4. The lowest BCUT2D eigenvalue weighted by Gasteiger charge is -2.30. The van der Waals surface area contributed by atoms with Crippen molar-refractivity contribution in [2.45, 2.75) is 31.7 Å². The first-order chi connectivity index (χ1) is 6.90. The van der Waals surface area contributed by atoms with E-state index in [4.69, 9.17) is 0 Å². The fourth-order valence-electron chi connectivity index (χ4n) is 2.39. The molecule has 14 heavy (non-hydrogen) atoms. The summed E-state index contributed by atoms with van der Waals surface area (Å²) in [5.41, 5.74) is 0. The van der Waals surface area contributed by atoms with Crippen molar-refractivity contribution in [1.29, 1.82) is 0 Å². The minimum absolute atomic E-state index is 0.339. The Morgan fingerprint density at radius 3 is 2.71 bits per heavy atom. The summed E-state index contributed by atoms with van der Waals surface area (Å²) in [5.74, 6) is 1.15. The quantitative estimate of drug-likeness (QED) is 0.597. The van der Waals surface area contributed by atoms with Crippen molar-refractivity contribution in [2.75, 3.05) is 26.2 Å². The molecule has 1 aliphatic carbocycles. The molecule has 2 atom stereocenters. The van der Waals surface area contributed by atoms with Crippen LogP contribution in [0.15, 0.2) is 0 Å². The van der Waals surface area contributed by atoms with Gasteiger partial charge < -0.3 is 15.7 Å². The predicted molar refractivity (Wildman–Crippen MR) is 57.2 cm³/mol. The highest BCUT2D eigenvalue weighted by molar-refractivity contribution is 4.82. The van der Waals surface area contributed by atoms with Crippen molar-refractivity contribution in [2.24, 2.45) is 11.8 Å². The van der Waals surface area contributed by atoms with E-state index in [-0.39, 0.29) is 0 Å². The summed E-state index contributed by atoms with van der Waals surface area (Å²) in [6, 6.07) is 0.749. The molecule has 1 saturated heterocycles. The van der Waals surface area contributed by atoms with E-state index in [0.29, 0.717) is 18.4 Å². The number of aliphatic hydroxyl groups excluding tert-OH is 1.